The van der Waals surface area contributed by atoms with E-state index >= 15 is 0 Å². The molecule has 1 rings (SSSR count). The van der Waals surface area contributed by atoms with Gasteiger partial charge in [0.2, 0.25) is 0 Å². The Hall–Kier alpha value is -0.670. The largest absolute Gasteiger partial charge is 0.412 e. The van der Waals surface area contributed by atoms with Crippen molar-refractivity contribution in [3.63, 3.8) is 0 Å². The highest BCUT2D eigenvalue weighted by Crippen LogP contribution is 2.17. The Kier molecular flexibility index (Phi) is 12.2. The predicted molar refractivity (Wildman–Crippen MR) is 54.7 cm³/mol. The third-order valence-electron chi connectivity index (χ3n) is 1.50. The fourth-order valence-corrected chi connectivity index (χ4v) is 0.933. The highest BCUT2D eigenvalue weighted by atomic mass is 16.0. The minimum Gasteiger partial charge on any atom is -0.412 e. The smallest absolute Gasteiger partial charge is 0.0365 e. The van der Waals surface area contributed by atoms with E-state index in [9.17, 15) is 0 Å². The van der Waals surface area contributed by atoms with Gasteiger partial charge in [-0.1, -0.05) is 13.8 Å². The predicted octanol–water partition coefficient (Wildman–Crippen LogP) is 1.52. The number of hydrogen-bond donors (Lipinski definition) is 0. The summed E-state index contributed by atoms with van der Waals surface area (Å²) in [5.74, 6) is 0. The maximum atomic E-state index is 4.27. The highest BCUT2D eigenvalue weighted by molar-refractivity contribution is 5.87. The summed E-state index contributed by atoms with van der Waals surface area (Å²) in [5.41, 5.74) is 3.88. The molecule has 12 heavy (non-hydrogen) atoms. The van der Waals surface area contributed by atoms with Crippen LogP contribution in [0.15, 0.2) is 16.3 Å². The summed E-state index contributed by atoms with van der Waals surface area (Å²) in [6, 6.07) is 0. The third-order valence-corrected chi connectivity index (χ3v) is 1.50. The average molecular weight is 175 g/mol. The number of hydrogen-bond acceptors (Lipinski definition) is 1. The molecule has 0 atom stereocenters. The molecule has 0 saturated heterocycles. The van der Waals surface area contributed by atoms with Crippen LogP contribution in [0.2, 0.25) is 0 Å². The first-order chi connectivity index (χ1) is 4.70. The van der Waals surface area contributed by atoms with E-state index in [4.69, 9.17) is 0 Å². The molecule has 1 aliphatic rings. The van der Waals surface area contributed by atoms with Crippen molar-refractivity contribution in [3.05, 3.63) is 11.3 Å². The van der Waals surface area contributed by atoms with Crippen LogP contribution in [0.5, 0.6) is 0 Å². The molecule has 0 saturated carbocycles. The number of rotatable bonds is 0. The Balaban J connectivity index is -0.000000189. The Labute approximate surface area is 74.8 Å². The van der Waals surface area contributed by atoms with Crippen molar-refractivity contribution in [3.8, 4) is 0 Å². The van der Waals surface area contributed by atoms with Gasteiger partial charge in [0.1, 0.15) is 0 Å². The highest BCUT2D eigenvalue weighted by Gasteiger charge is 2.04. The molecule has 1 heterocycles. The molecular formula is C9H21NO2. The minimum absolute atomic E-state index is 0. The maximum Gasteiger partial charge on any atom is 0.0365 e. The fraction of sp³-hybridized carbons (Fsp3) is 0.667. The molecular weight excluding hydrogens is 154 g/mol. The summed E-state index contributed by atoms with van der Waals surface area (Å²) in [7, 11) is 0. The van der Waals surface area contributed by atoms with Crippen molar-refractivity contribution < 1.29 is 11.0 Å². The molecule has 0 bridgehead atoms. The fourth-order valence-electron chi connectivity index (χ4n) is 0.933. The van der Waals surface area contributed by atoms with Gasteiger partial charge >= 0.3 is 0 Å². The molecule has 0 radical (unpaired) electrons. The summed E-state index contributed by atoms with van der Waals surface area (Å²) >= 11 is 0. The summed E-state index contributed by atoms with van der Waals surface area (Å²) in [6.07, 6.45) is 1.09. The Morgan fingerprint density at radius 2 is 1.42 bits per heavy atom. The van der Waals surface area contributed by atoms with E-state index in [1.54, 1.807) is 0 Å². The second kappa shape index (κ2) is 8.43. The summed E-state index contributed by atoms with van der Waals surface area (Å²) in [6.45, 7) is 10.3. The molecule has 0 amide bonds. The zero-order valence-electron chi connectivity index (χ0n) is 8.65. The van der Waals surface area contributed by atoms with Crippen LogP contribution in [0.4, 0.5) is 0 Å². The second-order valence-corrected chi connectivity index (χ2v) is 2.39. The lowest BCUT2D eigenvalue weighted by Crippen LogP contribution is -1.82. The lowest BCUT2D eigenvalue weighted by Gasteiger charge is -1.86. The maximum absolute atomic E-state index is 4.27. The first-order valence-electron chi connectivity index (χ1n) is 3.90. The topological polar surface area (TPSA) is 75.4 Å². The molecule has 4 N–H and O–H groups in total. The van der Waals surface area contributed by atoms with E-state index in [0.717, 1.165) is 6.42 Å². The summed E-state index contributed by atoms with van der Waals surface area (Å²) in [5, 5.41) is 0. The zero-order valence-corrected chi connectivity index (χ0v) is 8.65. The van der Waals surface area contributed by atoms with Crippen LogP contribution in [0.25, 0.3) is 0 Å². The molecule has 3 nitrogen and oxygen atoms in total. The second-order valence-electron chi connectivity index (χ2n) is 2.39. The van der Waals surface area contributed by atoms with Crippen LogP contribution >= 0.6 is 0 Å². The molecule has 0 aromatic heterocycles. The summed E-state index contributed by atoms with van der Waals surface area (Å²) in [4.78, 5) is 4.27. The number of aliphatic imine (C=N–C) groups is 1. The Morgan fingerprint density at radius 1 is 1.00 bits per heavy atom. The third kappa shape index (κ3) is 5.04. The van der Waals surface area contributed by atoms with E-state index in [0.29, 0.717) is 0 Å². The van der Waals surface area contributed by atoms with E-state index < -0.39 is 0 Å². The van der Waals surface area contributed by atoms with Crippen molar-refractivity contribution in [2.45, 2.75) is 41.0 Å². The van der Waals surface area contributed by atoms with Gasteiger partial charge in [-0.3, -0.25) is 4.99 Å². The van der Waals surface area contributed by atoms with Crippen LogP contribution in [-0.4, -0.2) is 16.7 Å². The SMILES string of the molecule is CC.CC1=NC(C)=C(C)C1.O.O. The van der Waals surface area contributed by atoms with E-state index in [1.165, 1.54) is 17.0 Å². The van der Waals surface area contributed by atoms with Crippen LogP contribution < -0.4 is 0 Å². The van der Waals surface area contributed by atoms with E-state index in [1.807, 2.05) is 13.8 Å². The van der Waals surface area contributed by atoms with Gasteiger partial charge in [-0.2, -0.15) is 0 Å². The van der Waals surface area contributed by atoms with Gasteiger partial charge in [0.25, 0.3) is 0 Å². The number of allylic oxidation sites excluding steroid dienone is 2. The van der Waals surface area contributed by atoms with Gasteiger partial charge in [0.15, 0.2) is 0 Å². The molecule has 74 valence electrons. The molecule has 0 aromatic rings. The molecule has 0 fully saturated rings. The van der Waals surface area contributed by atoms with Gasteiger partial charge in [-0.15, -0.1) is 0 Å². The first-order valence-corrected chi connectivity index (χ1v) is 3.90. The molecule has 0 spiro atoms. The summed E-state index contributed by atoms with van der Waals surface area (Å²) < 4.78 is 0. The number of nitrogens with zero attached hydrogens (tertiary/aromatic N) is 1. The molecule has 0 unspecified atom stereocenters. The minimum atomic E-state index is 0. The monoisotopic (exact) mass is 175 g/mol. The van der Waals surface area contributed by atoms with E-state index in [-0.39, 0.29) is 11.0 Å². The first kappa shape index (κ1) is 17.4. The van der Waals surface area contributed by atoms with Crippen molar-refractivity contribution in [1.82, 2.24) is 0 Å². The average Bonchev–Trinajstić information content (AvgIpc) is 2.16. The normalized spacial score (nSPS) is 13.6. The van der Waals surface area contributed by atoms with Crippen LogP contribution in [0.3, 0.4) is 0 Å². The molecule has 3 heteroatoms. The molecule has 0 aliphatic carbocycles. The van der Waals surface area contributed by atoms with Crippen LogP contribution in [0.1, 0.15) is 41.0 Å². The molecule has 1 aliphatic heterocycles. The van der Waals surface area contributed by atoms with E-state index in [2.05, 4.69) is 25.8 Å². The van der Waals surface area contributed by atoms with Crippen LogP contribution in [0, 0.1) is 0 Å². The van der Waals surface area contributed by atoms with Gasteiger partial charge in [-0.05, 0) is 26.3 Å². The Morgan fingerprint density at radius 3 is 1.50 bits per heavy atom. The lowest BCUT2D eigenvalue weighted by atomic mass is 10.2. The van der Waals surface area contributed by atoms with Crippen LogP contribution in [-0.2, 0) is 0 Å². The molecule has 0 aromatic carbocycles. The van der Waals surface area contributed by atoms with Gasteiger partial charge in [0, 0.05) is 17.8 Å². The standard InChI is InChI=1S/C7H11N.C2H6.2H2O/c1-5-4-6(2)8-7(5)3;1-2;;/h4H2,1-3H3;1-2H3;2*1H2. The van der Waals surface area contributed by atoms with Crippen molar-refractivity contribution in [1.29, 1.82) is 0 Å². The van der Waals surface area contributed by atoms with Crippen molar-refractivity contribution in [2.24, 2.45) is 4.99 Å². The quantitative estimate of drug-likeness (QED) is 0.535. The Bertz CT molecular complexity index is 171. The van der Waals surface area contributed by atoms with Crippen molar-refractivity contribution >= 4 is 5.71 Å². The van der Waals surface area contributed by atoms with Gasteiger partial charge < -0.3 is 11.0 Å². The zero-order chi connectivity index (χ0) is 8.15. The van der Waals surface area contributed by atoms with Gasteiger partial charge in [-0.25, -0.2) is 0 Å². The van der Waals surface area contributed by atoms with Gasteiger partial charge in [0.05, 0.1) is 0 Å². The lowest BCUT2D eigenvalue weighted by molar-refractivity contribution is 0.823. The van der Waals surface area contributed by atoms with Crippen molar-refractivity contribution in [2.75, 3.05) is 0 Å².